The molecule has 0 bridgehead atoms. The van der Waals surface area contributed by atoms with Gasteiger partial charge in [0.1, 0.15) is 0 Å². The van der Waals surface area contributed by atoms with E-state index in [1.807, 2.05) is 23.5 Å². The molecule has 0 heterocycles. The van der Waals surface area contributed by atoms with Crippen LogP contribution in [0.1, 0.15) is 5.56 Å². The molecule has 0 aromatic heterocycles. The number of hydrogen-bond acceptors (Lipinski definition) is 2. The summed E-state index contributed by atoms with van der Waals surface area (Å²) in [7, 11) is 0. The van der Waals surface area contributed by atoms with Gasteiger partial charge in [-0.2, -0.15) is 11.8 Å². The molecule has 0 amide bonds. The summed E-state index contributed by atoms with van der Waals surface area (Å²) in [4.78, 5) is 0. The van der Waals surface area contributed by atoms with Crippen molar-refractivity contribution in [3.8, 4) is 12.3 Å². The minimum absolute atomic E-state index is 0.839. The fourth-order valence-electron chi connectivity index (χ4n) is 1.01. The monoisotopic (exact) mass is 222 g/mol. The molecule has 0 N–H and O–H groups in total. The van der Waals surface area contributed by atoms with Crippen LogP contribution in [-0.4, -0.2) is 17.3 Å². The average Bonchev–Trinajstić information content (AvgIpc) is 2.25. The zero-order valence-corrected chi connectivity index (χ0v) is 9.74. The molecule has 0 radical (unpaired) electrons. The quantitative estimate of drug-likeness (QED) is 0.535. The van der Waals surface area contributed by atoms with E-state index in [1.54, 1.807) is 0 Å². The van der Waals surface area contributed by atoms with Crippen molar-refractivity contribution in [1.82, 2.24) is 0 Å². The van der Waals surface area contributed by atoms with Crippen LogP contribution in [0.15, 0.2) is 30.3 Å². The van der Waals surface area contributed by atoms with Crippen molar-refractivity contribution in [2.24, 2.45) is 0 Å². The number of benzene rings is 1. The SMILES string of the molecule is C#CCSCCSCc1ccccc1. The van der Waals surface area contributed by atoms with Gasteiger partial charge in [0.05, 0.1) is 5.75 Å². The van der Waals surface area contributed by atoms with Crippen molar-refractivity contribution < 1.29 is 0 Å². The van der Waals surface area contributed by atoms with Crippen LogP contribution >= 0.6 is 23.5 Å². The molecule has 0 saturated carbocycles. The van der Waals surface area contributed by atoms with Gasteiger partial charge in [0.25, 0.3) is 0 Å². The Morgan fingerprint density at radius 2 is 1.79 bits per heavy atom. The molecule has 74 valence electrons. The molecule has 0 unspecified atom stereocenters. The third kappa shape index (κ3) is 5.26. The molecule has 0 nitrogen and oxygen atoms in total. The van der Waals surface area contributed by atoms with E-state index in [2.05, 4.69) is 36.3 Å². The van der Waals surface area contributed by atoms with Crippen LogP contribution < -0.4 is 0 Å². The maximum absolute atomic E-state index is 5.16. The number of terminal acetylenes is 1. The highest BCUT2D eigenvalue weighted by atomic mass is 32.2. The van der Waals surface area contributed by atoms with Gasteiger partial charge in [0.2, 0.25) is 0 Å². The third-order valence-corrected chi connectivity index (χ3v) is 3.82. The normalized spacial score (nSPS) is 9.64. The maximum Gasteiger partial charge on any atom is 0.0545 e. The molecular formula is C12H14S2. The van der Waals surface area contributed by atoms with Gasteiger partial charge in [-0.05, 0) is 5.56 Å². The standard InChI is InChI=1S/C12H14S2/c1-2-8-13-9-10-14-11-12-6-4-3-5-7-12/h1,3-7H,8-11H2. The van der Waals surface area contributed by atoms with Crippen molar-refractivity contribution in [3.05, 3.63) is 35.9 Å². The van der Waals surface area contributed by atoms with Crippen LogP contribution in [0.5, 0.6) is 0 Å². The van der Waals surface area contributed by atoms with Crippen molar-refractivity contribution in [1.29, 1.82) is 0 Å². The molecule has 14 heavy (non-hydrogen) atoms. The minimum Gasteiger partial charge on any atom is -0.156 e. The van der Waals surface area contributed by atoms with Crippen molar-refractivity contribution >= 4 is 23.5 Å². The van der Waals surface area contributed by atoms with Crippen LogP contribution in [0, 0.1) is 12.3 Å². The maximum atomic E-state index is 5.16. The van der Waals surface area contributed by atoms with Gasteiger partial charge >= 0.3 is 0 Å². The Morgan fingerprint density at radius 3 is 2.50 bits per heavy atom. The Morgan fingerprint density at radius 1 is 1.07 bits per heavy atom. The van der Waals surface area contributed by atoms with Crippen molar-refractivity contribution in [2.45, 2.75) is 5.75 Å². The first kappa shape index (κ1) is 11.6. The average molecular weight is 222 g/mol. The molecule has 0 aliphatic heterocycles. The number of thioether (sulfide) groups is 2. The highest BCUT2D eigenvalue weighted by Crippen LogP contribution is 2.13. The lowest BCUT2D eigenvalue weighted by atomic mass is 10.2. The van der Waals surface area contributed by atoms with E-state index in [9.17, 15) is 0 Å². The topological polar surface area (TPSA) is 0 Å². The predicted octanol–water partition coefficient (Wildman–Crippen LogP) is 3.29. The lowest BCUT2D eigenvalue weighted by Gasteiger charge is -2.00. The summed E-state index contributed by atoms with van der Waals surface area (Å²) >= 11 is 3.80. The minimum atomic E-state index is 0.839. The summed E-state index contributed by atoms with van der Waals surface area (Å²) < 4.78 is 0. The highest BCUT2D eigenvalue weighted by molar-refractivity contribution is 8.02. The second-order valence-electron chi connectivity index (χ2n) is 2.79. The zero-order valence-electron chi connectivity index (χ0n) is 8.11. The molecule has 2 heteroatoms. The van der Waals surface area contributed by atoms with E-state index in [0.29, 0.717) is 0 Å². The van der Waals surface area contributed by atoms with Gasteiger partial charge in [-0.1, -0.05) is 36.3 Å². The molecule has 0 atom stereocenters. The van der Waals surface area contributed by atoms with Crippen LogP contribution in [-0.2, 0) is 5.75 Å². The molecular weight excluding hydrogens is 208 g/mol. The molecule has 1 rings (SSSR count). The first-order valence-electron chi connectivity index (χ1n) is 4.56. The van der Waals surface area contributed by atoms with Gasteiger partial charge in [-0.15, -0.1) is 18.2 Å². The number of hydrogen-bond donors (Lipinski definition) is 0. The second kappa shape index (κ2) is 7.84. The van der Waals surface area contributed by atoms with E-state index in [1.165, 1.54) is 11.3 Å². The molecule has 0 saturated heterocycles. The van der Waals surface area contributed by atoms with Gasteiger partial charge in [-0.3, -0.25) is 0 Å². The lowest BCUT2D eigenvalue weighted by molar-refractivity contribution is 1.40. The van der Waals surface area contributed by atoms with E-state index in [4.69, 9.17) is 6.42 Å². The first-order chi connectivity index (χ1) is 6.93. The van der Waals surface area contributed by atoms with Gasteiger partial charge in [0, 0.05) is 17.3 Å². The molecule has 1 aromatic rings. The lowest BCUT2D eigenvalue weighted by Crippen LogP contribution is -1.87. The Kier molecular flexibility index (Phi) is 6.47. The molecule has 1 aromatic carbocycles. The summed E-state index contributed by atoms with van der Waals surface area (Å²) in [6.45, 7) is 0. The summed E-state index contributed by atoms with van der Waals surface area (Å²) in [6.07, 6.45) is 5.16. The molecule has 0 aliphatic rings. The van der Waals surface area contributed by atoms with Crippen LogP contribution in [0.3, 0.4) is 0 Å². The largest absolute Gasteiger partial charge is 0.156 e. The number of rotatable bonds is 6. The summed E-state index contributed by atoms with van der Waals surface area (Å²) in [5.74, 6) is 6.91. The van der Waals surface area contributed by atoms with Crippen molar-refractivity contribution in [2.75, 3.05) is 17.3 Å². The fourth-order valence-corrected chi connectivity index (χ4v) is 2.79. The summed E-state index contributed by atoms with van der Waals surface area (Å²) in [5, 5.41) is 0. The first-order valence-corrected chi connectivity index (χ1v) is 6.87. The van der Waals surface area contributed by atoms with Crippen molar-refractivity contribution in [3.63, 3.8) is 0 Å². The smallest absolute Gasteiger partial charge is 0.0545 e. The van der Waals surface area contributed by atoms with E-state index >= 15 is 0 Å². The Hall–Kier alpha value is -0.520. The van der Waals surface area contributed by atoms with Crippen LogP contribution in [0.25, 0.3) is 0 Å². The Bertz CT molecular complexity index is 274. The summed E-state index contributed by atoms with van der Waals surface area (Å²) in [6, 6.07) is 10.6. The van der Waals surface area contributed by atoms with E-state index < -0.39 is 0 Å². The van der Waals surface area contributed by atoms with Gasteiger partial charge in [-0.25, -0.2) is 0 Å². The fraction of sp³-hybridized carbons (Fsp3) is 0.333. The van der Waals surface area contributed by atoms with Gasteiger partial charge in [0.15, 0.2) is 0 Å². The Balaban J connectivity index is 2.03. The molecule has 0 fully saturated rings. The van der Waals surface area contributed by atoms with E-state index in [0.717, 1.165) is 17.3 Å². The molecule has 0 aliphatic carbocycles. The van der Waals surface area contributed by atoms with Gasteiger partial charge < -0.3 is 0 Å². The predicted molar refractivity (Wildman–Crippen MR) is 68.8 cm³/mol. The third-order valence-electron chi connectivity index (χ3n) is 1.67. The Labute approximate surface area is 94.9 Å². The zero-order chi connectivity index (χ0) is 10.1. The van der Waals surface area contributed by atoms with Crippen LogP contribution in [0.2, 0.25) is 0 Å². The van der Waals surface area contributed by atoms with E-state index in [-0.39, 0.29) is 0 Å². The summed E-state index contributed by atoms with van der Waals surface area (Å²) in [5.41, 5.74) is 1.40. The van der Waals surface area contributed by atoms with Crippen LogP contribution in [0.4, 0.5) is 0 Å². The second-order valence-corrected chi connectivity index (χ2v) is 5.01. The molecule has 0 spiro atoms. The highest BCUT2D eigenvalue weighted by Gasteiger charge is 1.92.